The Hall–Kier alpha value is -0.120. The van der Waals surface area contributed by atoms with Gasteiger partial charge in [0.05, 0.1) is 12.7 Å². The Bertz CT molecular complexity index is 157. The van der Waals surface area contributed by atoms with Crippen molar-refractivity contribution in [1.82, 2.24) is 0 Å². The van der Waals surface area contributed by atoms with Crippen molar-refractivity contribution in [1.29, 1.82) is 0 Å². The number of epoxide rings is 1. The zero-order valence-corrected chi connectivity index (χ0v) is 6.86. The van der Waals surface area contributed by atoms with Crippen LogP contribution in [0.25, 0.3) is 0 Å². The summed E-state index contributed by atoms with van der Waals surface area (Å²) in [7, 11) is 0. The lowest BCUT2D eigenvalue weighted by Crippen LogP contribution is -2.43. The minimum atomic E-state index is -0.409. The van der Waals surface area contributed by atoms with E-state index in [1.807, 2.05) is 0 Å². The molecule has 0 amide bonds. The number of aliphatic hydroxyl groups is 1. The summed E-state index contributed by atoms with van der Waals surface area (Å²) < 4.78 is 10.6. The average Bonchev–Trinajstić information content (AvgIpc) is 2.66. The molecule has 2 fully saturated rings. The molecule has 1 N–H and O–H groups in total. The van der Waals surface area contributed by atoms with Gasteiger partial charge in [-0.1, -0.05) is 13.8 Å². The van der Waals surface area contributed by atoms with Crippen LogP contribution in [-0.2, 0) is 9.47 Å². The molecular weight excluding hydrogens is 144 g/mol. The number of hydrogen-bond donors (Lipinski definition) is 1. The van der Waals surface area contributed by atoms with Crippen LogP contribution in [0.5, 0.6) is 0 Å². The van der Waals surface area contributed by atoms with E-state index in [0.717, 1.165) is 0 Å². The topological polar surface area (TPSA) is 42.0 Å². The van der Waals surface area contributed by atoms with Gasteiger partial charge in [0.25, 0.3) is 0 Å². The van der Waals surface area contributed by atoms with Crippen LogP contribution < -0.4 is 0 Å². The minimum absolute atomic E-state index is 0.0289. The molecule has 2 aliphatic heterocycles. The Morgan fingerprint density at radius 1 is 1.45 bits per heavy atom. The molecule has 0 bridgehead atoms. The lowest BCUT2D eigenvalue weighted by atomic mass is 9.96. The maximum absolute atomic E-state index is 9.60. The van der Waals surface area contributed by atoms with Crippen molar-refractivity contribution in [2.75, 3.05) is 6.61 Å². The molecule has 0 aromatic rings. The predicted octanol–water partition coefficient (Wildman–Crippen LogP) is 0.170. The maximum atomic E-state index is 9.60. The standard InChI is InChI=1S/C8H14O3/c1-4(2)7-6(9)8-5(11-8)3-10-7/h4-9H,3H2,1-2H3. The summed E-state index contributed by atoms with van der Waals surface area (Å²) >= 11 is 0. The van der Waals surface area contributed by atoms with E-state index in [1.165, 1.54) is 0 Å². The molecule has 2 saturated heterocycles. The van der Waals surface area contributed by atoms with E-state index >= 15 is 0 Å². The van der Waals surface area contributed by atoms with Gasteiger partial charge >= 0.3 is 0 Å². The Balaban J connectivity index is 1.99. The second kappa shape index (κ2) is 2.44. The summed E-state index contributed by atoms with van der Waals surface area (Å²) in [6, 6.07) is 0. The van der Waals surface area contributed by atoms with E-state index < -0.39 is 6.10 Å². The highest BCUT2D eigenvalue weighted by molar-refractivity contribution is 4.98. The van der Waals surface area contributed by atoms with Crippen molar-refractivity contribution in [3.8, 4) is 0 Å². The normalized spacial score (nSPS) is 49.1. The monoisotopic (exact) mass is 158 g/mol. The quantitative estimate of drug-likeness (QED) is 0.553. The molecule has 4 atom stereocenters. The summed E-state index contributed by atoms with van der Waals surface area (Å²) in [4.78, 5) is 0. The van der Waals surface area contributed by atoms with E-state index in [9.17, 15) is 5.11 Å². The van der Waals surface area contributed by atoms with Gasteiger partial charge in [-0.05, 0) is 5.92 Å². The summed E-state index contributed by atoms with van der Waals surface area (Å²) in [5, 5.41) is 9.60. The Morgan fingerprint density at radius 3 is 2.82 bits per heavy atom. The molecule has 64 valence electrons. The molecule has 0 aromatic heterocycles. The van der Waals surface area contributed by atoms with Crippen LogP contribution in [0.3, 0.4) is 0 Å². The van der Waals surface area contributed by atoms with Gasteiger partial charge in [0.15, 0.2) is 0 Å². The third-order valence-corrected chi connectivity index (χ3v) is 2.40. The van der Waals surface area contributed by atoms with Gasteiger partial charge in [-0.25, -0.2) is 0 Å². The second-order valence-electron chi connectivity index (χ2n) is 3.67. The molecule has 4 unspecified atom stereocenters. The molecule has 2 heterocycles. The van der Waals surface area contributed by atoms with E-state index in [-0.39, 0.29) is 18.3 Å². The lowest BCUT2D eigenvalue weighted by molar-refractivity contribution is -0.0801. The van der Waals surface area contributed by atoms with Crippen molar-refractivity contribution >= 4 is 0 Å². The van der Waals surface area contributed by atoms with Gasteiger partial charge in [0.1, 0.15) is 18.3 Å². The number of rotatable bonds is 1. The van der Waals surface area contributed by atoms with E-state index in [0.29, 0.717) is 12.5 Å². The first-order chi connectivity index (χ1) is 5.20. The number of ether oxygens (including phenoxy) is 2. The number of fused-ring (bicyclic) bond motifs is 1. The van der Waals surface area contributed by atoms with Gasteiger partial charge in [-0.15, -0.1) is 0 Å². The van der Waals surface area contributed by atoms with E-state index in [1.54, 1.807) is 0 Å². The van der Waals surface area contributed by atoms with Crippen molar-refractivity contribution in [2.24, 2.45) is 5.92 Å². The fourth-order valence-corrected chi connectivity index (χ4v) is 1.67. The second-order valence-corrected chi connectivity index (χ2v) is 3.67. The molecule has 0 saturated carbocycles. The van der Waals surface area contributed by atoms with E-state index in [2.05, 4.69) is 13.8 Å². The lowest BCUT2D eigenvalue weighted by Gasteiger charge is -2.28. The smallest absolute Gasteiger partial charge is 0.115 e. The zero-order chi connectivity index (χ0) is 8.01. The Morgan fingerprint density at radius 2 is 2.18 bits per heavy atom. The first-order valence-electron chi connectivity index (χ1n) is 4.15. The molecule has 0 spiro atoms. The van der Waals surface area contributed by atoms with Gasteiger partial charge in [0, 0.05) is 0 Å². The highest BCUT2D eigenvalue weighted by Gasteiger charge is 2.52. The van der Waals surface area contributed by atoms with Crippen molar-refractivity contribution < 1.29 is 14.6 Å². The molecule has 3 heteroatoms. The summed E-state index contributed by atoms with van der Waals surface area (Å²) in [5.74, 6) is 0.371. The molecule has 0 aliphatic carbocycles. The third kappa shape index (κ3) is 1.17. The molecule has 2 aliphatic rings. The number of aliphatic hydroxyl groups excluding tert-OH is 1. The maximum Gasteiger partial charge on any atom is 0.115 e. The van der Waals surface area contributed by atoms with Gasteiger partial charge in [-0.2, -0.15) is 0 Å². The van der Waals surface area contributed by atoms with Crippen LogP contribution in [0.2, 0.25) is 0 Å². The fourth-order valence-electron chi connectivity index (χ4n) is 1.67. The van der Waals surface area contributed by atoms with Crippen LogP contribution in [0, 0.1) is 5.92 Å². The number of hydrogen-bond acceptors (Lipinski definition) is 3. The third-order valence-electron chi connectivity index (χ3n) is 2.40. The largest absolute Gasteiger partial charge is 0.388 e. The van der Waals surface area contributed by atoms with Crippen LogP contribution in [-0.4, -0.2) is 36.1 Å². The molecule has 2 rings (SSSR count). The van der Waals surface area contributed by atoms with Gasteiger partial charge in [-0.3, -0.25) is 0 Å². The van der Waals surface area contributed by atoms with Crippen molar-refractivity contribution in [3.63, 3.8) is 0 Å². The first kappa shape index (κ1) is 7.53. The van der Waals surface area contributed by atoms with Crippen LogP contribution in [0.15, 0.2) is 0 Å². The Kier molecular flexibility index (Phi) is 1.67. The van der Waals surface area contributed by atoms with Crippen LogP contribution in [0.1, 0.15) is 13.8 Å². The first-order valence-corrected chi connectivity index (χ1v) is 4.15. The highest BCUT2D eigenvalue weighted by atomic mass is 16.6. The molecular formula is C8H14O3. The minimum Gasteiger partial charge on any atom is -0.388 e. The molecule has 11 heavy (non-hydrogen) atoms. The summed E-state index contributed by atoms with van der Waals surface area (Å²) in [6.07, 6.45) is -0.191. The predicted molar refractivity (Wildman–Crippen MR) is 39.2 cm³/mol. The molecule has 3 nitrogen and oxygen atoms in total. The Labute approximate surface area is 66.3 Å². The van der Waals surface area contributed by atoms with Crippen molar-refractivity contribution in [2.45, 2.75) is 38.3 Å². The SMILES string of the molecule is CC(C)C1OCC2OC2C1O. The van der Waals surface area contributed by atoms with Crippen LogP contribution in [0.4, 0.5) is 0 Å². The zero-order valence-electron chi connectivity index (χ0n) is 6.86. The van der Waals surface area contributed by atoms with Crippen LogP contribution >= 0.6 is 0 Å². The van der Waals surface area contributed by atoms with E-state index in [4.69, 9.17) is 9.47 Å². The highest BCUT2D eigenvalue weighted by Crippen LogP contribution is 2.34. The molecule has 0 aromatic carbocycles. The summed E-state index contributed by atoms with van der Waals surface area (Å²) in [5.41, 5.74) is 0. The molecule has 0 radical (unpaired) electrons. The van der Waals surface area contributed by atoms with Crippen molar-refractivity contribution in [3.05, 3.63) is 0 Å². The van der Waals surface area contributed by atoms with Gasteiger partial charge in [0.2, 0.25) is 0 Å². The fraction of sp³-hybridized carbons (Fsp3) is 1.00. The summed E-state index contributed by atoms with van der Waals surface area (Å²) in [6.45, 7) is 4.76. The van der Waals surface area contributed by atoms with Gasteiger partial charge < -0.3 is 14.6 Å². The average molecular weight is 158 g/mol.